The van der Waals surface area contributed by atoms with E-state index < -0.39 is 0 Å². The molecule has 0 amide bonds. The summed E-state index contributed by atoms with van der Waals surface area (Å²) in [7, 11) is 0. The van der Waals surface area contributed by atoms with Crippen LogP contribution in [0.3, 0.4) is 0 Å². The molecule has 0 atom stereocenters. The monoisotopic (exact) mass is 379 g/mol. The normalized spacial score (nSPS) is 14.3. The molecule has 5 nitrogen and oxygen atoms in total. The summed E-state index contributed by atoms with van der Waals surface area (Å²) in [5.41, 5.74) is 3.04. The van der Waals surface area contributed by atoms with Crippen LogP contribution in [-0.4, -0.2) is 36.1 Å². The van der Waals surface area contributed by atoms with Crippen molar-refractivity contribution in [1.29, 1.82) is 0 Å². The second kappa shape index (κ2) is 7.84. The van der Waals surface area contributed by atoms with Gasteiger partial charge in [0.15, 0.2) is 0 Å². The molecular weight excluding hydrogens is 358 g/mol. The van der Waals surface area contributed by atoms with E-state index in [0.29, 0.717) is 5.02 Å². The van der Waals surface area contributed by atoms with Crippen molar-refractivity contribution in [2.24, 2.45) is 0 Å². The Balaban J connectivity index is 1.48. The van der Waals surface area contributed by atoms with E-state index >= 15 is 0 Å². The Bertz CT molecular complexity index is 907. The topological polar surface area (TPSA) is 44.3 Å². The first-order chi connectivity index (χ1) is 13.2. The van der Waals surface area contributed by atoms with Crippen LogP contribution in [0.2, 0.25) is 5.02 Å². The highest BCUT2D eigenvalue weighted by atomic mass is 35.5. The van der Waals surface area contributed by atoms with Gasteiger partial charge in [-0.3, -0.25) is 0 Å². The van der Waals surface area contributed by atoms with Gasteiger partial charge in [0.1, 0.15) is 5.82 Å². The van der Waals surface area contributed by atoms with Gasteiger partial charge in [0.05, 0.1) is 10.7 Å². The van der Waals surface area contributed by atoms with Crippen molar-refractivity contribution >= 4 is 34.7 Å². The SMILES string of the molecule is Cc1cc(Nc2ccccc2Cl)nc(N2CCN(c3ccccc3)CC2)n1. The highest BCUT2D eigenvalue weighted by Gasteiger charge is 2.20. The molecule has 1 aliphatic heterocycles. The summed E-state index contributed by atoms with van der Waals surface area (Å²) >= 11 is 6.25. The second-order valence-electron chi connectivity index (χ2n) is 6.61. The predicted octanol–water partition coefficient (Wildman–Crippen LogP) is 4.51. The number of hydrogen-bond donors (Lipinski definition) is 1. The molecule has 3 aromatic rings. The van der Waals surface area contributed by atoms with Crippen molar-refractivity contribution in [1.82, 2.24) is 9.97 Å². The molecule has 138 valence electrons. The first kappa shape index (κ1) is 17.6. The van der Waals surface area contributed by atoms with Crippen molar-refractivity contribution in [3.63, 3.8) is 0 Å². The molecule has 0 unspecified atom stereocenters. The summed E-state index contributed by atoms with van der Waals surface area (Å²) in [5, 5.41) is 3.98. The molecule has 1 aliphatic rings. The molecular formula is C21H22ClN5. The zero-order chi connectivity index (χ0) is 18.6. The van der Waals surface area contributed by atoms with E-state index in [9.17, 15) is 0 Å². The van der Waals surface area contributed by atoms with Gasteiger partial charge in [-0.25, -0.2) is 4.98 Å². The molecule has 1 aromatic heterocycles. The van der Waals surface area contributed by atoms with Gasteiger partial charge in [0.25, 0.3) is 0 Å². The fourth-order valence-corrected chi connectivity index (χ4v) is 3.45. The molecule has 27 heavy (non-hydrogen) atoms. The van der Waals surface area contributed by atoms with Crippen molar-refractivity contribution in [2.75, 3.05) is 41.3 Å². The van der Waals surface area contributed by atoms with E-state index in [1.165, 1.54) is 5.69 Å². The maximum atomic E-state index is 6.25. The Kier molecular flexibility index (Phi) is 5.12. The van der Waals surface area contributed by atoms with Gasteiger partial charge in [0, 0.05) is 43.6 Å². The number of rotatable bonds is 4. The third-order valence-electron chi connectivity index (χ3n) is 4.66. The Morgan fingerprint density at radius 2 is 1.52 bits per heavy atom. The molecule has 6 heteroatoms. The Morgan fingerprint density at radius 1 is 0.852 bits per heavy atom. The van der Waals surface area contributed by atoms with Crippen molar-refractivity contribution in [2.45, 2.75) is 6.92 Å². The van der Waals surface area contributed by atoms with E-state index in [2.05, 4.69) is 44.4 Å². The molecule has 1 fully saturated rings. The summed E-state index contributed by atoms with van der Waals surface area (Å²) in [6.07, 6.45) is 0. The summed E-state index contributed by atoms with van der Waals surface area (Å²) in [6, 6.07) is 20.1. The Morgan fingerprint density at radius 3 is 2.26 bits per heavy atom. The lowest BCUT2D eigenvalue weighted by molar-refractivity contribution is 0.639. The van der Waals surface area contributed by atoms with Gasteiger partial charge >= 0.3 is 0 Å². The van der Waals surface area contributed by atoms with Crippen LogP contribution in [0, 0.1) is 6.92 Å². The highest BCUT2D eigenvalue weighted by molar-refractivity contribution is 6.33. The lowest BCUT2D eigenvalue weighted by Crippen LogP contribution is -2.47. The number of para-hydroxylation sites is 2. The number of nitrogens with one attached hydrogen (secondary N) is 1. The second-order valence-corrected chi connectivity index (χ2v) is 7.02. The zero-order valence-electron chi connectivity index (χ0n) is 15.3. The molecule has 0 aliphatic carbocycles. The molecule has 4 rings (SSSR count). The van der Waals surface area contributed by atoms with Crippen LogP contribution >= 0.6 is 11.6 Å². The van der Waals surface area contributed by atoms with Crippen LogP contribution in [0.1, 0.15) is 5.69 Å². The maximum Gasteiger partial charge on any atom is 0.227 e. The zero-order valence-corrected chi connectivity index (χ0v) is 16.0. The number of benzene rings is 2. The van der Waals surface area contributed by atoms with E-state index in [4.69, 9.17) is 16.6 Å². The van der Waals surface area contributed by atoms with Crippen LogP contribution in [0.5, 0.6) is 0 Å². The first-order valence-electron chi connectivity index (χ1n) is 9.11. The van der Waals surface area contributed by atoms with E-state index in [-0.39, 0.29) is 0 Å². The number of aryl methyl sites for hydroxylation is 1. The average Bonchev–Trinajstić information content (AvgIpc) is 2.70. The smallest absolute Gasteiger partial charge is 0.227 e. The standard InChI is InChI=1S/C21H22ClN5/c1-16-15-20(24-19-10-6-5-9-18(19)22)25-21(23-16)27-13-11-26(12-14-27)17-7-3-2-4-8-17/h2-10,15H,11-14H2,1H3,(H,23,24,25). The number of aromatic nitrogens is 2. The molecule has 2 heterocycles. The van der Waals surface area contributed by atoms with Gasteiger partial charge in [-0.05, 0) is 31.2 Å². The first-order valence-corrected chi connectivity index (χ1v) is 9.49. The predicted molar refractivity (Wildman–Crippen MR) is 112 cm³/mol. The maximum absolute atomic E-state index is 6.25. The number of nitrogens with zero attached hydrogens (tertiary/aromatic N) is 4. The van der Waals surface area contributed by atoms with Gasteiger partial charge < -0.3 is 15.1 Å². The van der Waals surface area contributed by atoms with Crippen LogP contribution in [0.4, 0.5) is 23.1 Å². The minimum atomic E-state index is 0.673. The number of halogens is 1. The molecule has 0 bridgehead atoms. The molecule has 1 saturated heterocycles. The molecule has 2 aromatic carbocycles. The fraction of sp³-hybridized carbons (Fsp3) is 0.238. The molecule has 0 radical (unpaired) electrons. The third kappa shape index (κ3) is 4.14. The summed E-state index contributed by atoms with van der Waals surface area (Å²) in [4.78, 5) is 14.0. The highest BCUT2D eigenvalue weighted by Crippen LogP contribution is 2.25. The lowest BCUT2D eigenvalue weighted by Gasteiger charge is -2.36. The van der Waals surface area contributed by atoms with Gasteiger partial charge in [-0.15, -0.1) is 0 Å². The van der Waals surface area contributed by atoms with Crippen molar-refractivity contribution < 1.29 is 0 Å². The number of hydrogen-bond acceptors (Lipinski definition) is 5. The van der Waals surface area contributed by atoms with E-state index in [0.717, 1.165) is 49.3 Å². The fourth-order valence-electron chi connectivity index (χ4n) is 3.26. The lowest BCUT2D eigenvalue weighted by atomic mass is 10.2. The average molecular weight is 380 g/mol. The van der Waals surface area contributed by atoms with Crippen molar-refractivity contribution in [3.05, 3.63) is 71.4 Å². The van der Waals surface area contributed by atoms with Crippen LogP contribution in [-0.2, 0) is 0 Å². The quantitative estimate of drug-likeness (QED) is 0.722. The molecule has 0 saturated carbocycles. The van der Waals surface area contributed by atoms with Crippen LogP contribution in [0.15, 0.2) is 60.7 Å². The summed E-state index contributed by atoms with van der Waals surface area (Å²) < 4.78 is 0. The third-order valence-corrected chi connectivity index (χ3v) is 4.99. The largest absolute Gasteiger partial charge is 0.368 e. The van der Waals surface area contributed by atoms with Gasteiger partial charge in [-0.1, -0.05) is 41.9 Å². The minimum absolute atomic E-state index is 0.673. The summed E-state index contributed by atoms with van der Waals surface area (Å²) in [5.74, 6) is 1.52. The van der Waals surface area contributed by atoms with Gasteiger partial charge in [-0.2, -0.15) is 4.98 Å². The van der Waals surface area contributed by atoms with Gasteiger partial charge in [0.2, 0.25) is 5.95 Å². The van der Waals surface area contributed by atoms with E-state index in [1.54, 1.807) is 0 Å². The Labute approximate surface area is 164 Å². The molecule has 0 spiro atoms. The minimum Gasteiger partial charge on any atom is -0.368 e. The number of anilines is 4. The van der Waals surface area contributed by atoms with Crippen molar-refractivity contribution in [3.8, 4) is 0 Å². The van der Waals surface area contributed by atoms with E-state index in [1.807, 2.05) is 43.3 Å². The number of piperazine rings is 1. The Hall–Kier alpha value is -2.79. The van der Waals surface area contributed by atoms with Crippen LogP contribution < -0.4 is 15.1 Å². The molecule has 1 N–H and O–H groups in total. The summed E-state index contributed by atoms with van der Waals surface area (Å²) in [6.45, 7) is 5.68. The van der Waals surface area contributed by atoms with Crippen LogP contribution in [0.25, 0.3) is 0 Å².